The van der Waals surface area contributed by atoms with E-state index in [1.165, 1.54) is 40.5 Å². The minimum Gasteiger partial charge on any atom is -0.449 e. The number of benzene rings is 1. The number of furan rings is 1. The number of carbonyl (C=O) groups excluding carboxylic acids is 2. The third-order valence-electron chi connectivity index (χ3n) is 6.77. The number of fused-ring (bicyclic) bond motifs is 1. The number of rotatable bonds is 3. The molecule has 0 radical (unpaired) electrons. The Morgan fingerprint density at radius 1 is 1.13 bits per heavy atom. The normalized spacial score (nSPS) is 15.8. The third kappa shape index (κ3) is 4.41. The first-order valence-corrected chi connectivity index (χ1v) is 12.6. The molecule has 38 heavy (non-hydrogen) atoms. The summed E-state index contributed by atoms with van der Waals surface area (Å²) in [4.78, 5) is 43.1. The van der Waals surface area contributed by atoms with Gasteiger partial charge in [-0.1, -0.05) is 38.4 Å². The summed E-state index contributed by atoms with van der Waals surface area (Å²) in [5.74, 6) is -0.717. The second-order valence-electron chi connectivity index (χ2n) is 10.8. The molecule has 0 atom stereocenters. The Morgan fingerprint density at radius 2 is 1.89 bits per heavy atom. The lowest BCUT2D eigenvalue weighted by atomic mass is 9.86. The van der Waals surface area contributed by atoms with Crippen molar-refractivity contribution in [3.8, 4) is 11.3 Å². The van der Waals surface area contributed by atoms with E-state index in [-0.39, 0.29) is 35.2 Å². The van der Waals surface area contributed by atoms with E-state index in [0.717, 1.165) is 5.56 Å². The van der Waals surface area contributed by atoms with Crippen LogP contribution in [0.5, 0.6) is 0 Å². The second kappa shape index (κ2) is 9.16. The molecule has 5 rings (SSSR count). The van der Waals surface area contributed by atoms with Gasteiger partial charge in [-0.3, -0.25) is 19.5 Å². The molecular formula is C28H27ClFN5O3. The van der Waals surface area contributed by atoms with Crippen molar-refractivity contribution >= 4 is 40.3 Å². The van der Waals surface area contributed by atoms with Gasteiger partial charge in [-0.2, -0.15) is 0 Å². The molecule has 1 aromatic carbocycles. The zero-order chi connectivity index (χ0) is 27.4. The lowest BCUT2D eigenvalue weighted by molar-refractivity contribution is -0.129. The summed E-state index contributed by atoms with van der Waals surface area (Å²) in [7, 11) is 0. The average Bonchev–Trinajstić information content (AvgIpc) is 3.30. The van der Waals surface area contributed by atoms with Crippen molar-refractivity contribution in [1.82, 2.24) is 19.9 Å². The summed E-state index contributed by atoms with van der Waals surface area (Å²) >= 11 is 5.87. The molecule has 0 unspecified atom stereocenters. The van der Waals surface area contributed by atoms with Gasteiger partial charge in [-0.25, -0.2) is 14.4 Å². The summed E-state index contributed by atoms with van der Waals surface area (Å²) in [5.41, 5.74) is 1.32. The lowest BCUT2D eigenvalue weighted by Crippen LogP contribution is -2.64. The minimum absolute atomic E-state index is 0.0265. The van der Waals surface area contributed by atoms with E-state index in [0.29, 0.717) is 28.2 Å². The first-order chi connectivity index (χ1) is 17.9. The monoisotopic (exact) mass is 535 g/mol. The van der Waals surface area contributed by atoms with Gasteiger partial charge >= 0.3 is 0 Å². The molecule has 2 amide bonds. The van der Waals surface area contributed by atoms with Gasteiger partial charge in [-0.05, 0) is 37.5 Å². The molecular weight excluding hydrogens is 509 g/mol. The molecule has 8 nitrogen and oxygen atoms in total. The van der Waals surface area contributed by atoms with Crippen LogP contribution in [0.2, 0.25) is 5.02 Å². The fraction of sp³-hybridized carbons (Fsp3) is 0.321. The highest BCUT2D eigenvalue weighted by atomic mass is 35.5. The molecule has 4 heterocycles. The highest BCUT2D eigenvalue weighted by molar-refractivity contribution is 6.30. The summed E-state index contributed by atoms with van der Waals surface area (Å²) in [6.45, 7) is 10.0. The van der Waals surface area contributed by atoms with Crippen molar-refractivity contribution < 1.29 is 18.4 Å². The van der Waals surface area contributed by atoms with Crippen molar-refractivity contribution in [3.63, 3.8) is 0 Å². The molecule has 1 saturated heterocycles. The van der Waals surface area contributed by atoms with Gasteiger partial charge in [0.05, 0.1) is 16.9 Å². The Labute approximate surface area is 224 Å². The van der Waals surface area contributed by atoms with Crippen LogP contribution >= 0.6 is 11.6 Å². The number of hydrogen-bond acceptors (Lipinski definition) is 6. The molecule has 10 heteroatoms. The topological polar surface area (TPSA) is 92.4 Å². The number of halogens is 2. The SMILES string of the molecule is CC(C)(C)c1cc(-c2ccc(Cl)c(F)c2)nc2cc(C(=O)N3CCN(c4cnccn4)C(=O)C3(C)C)oc12. The standard InChI is InChI=1S/C28H27ClFN5O3/c1-27(2,3)17-13-20(16-6-7-18(29)19(30)12-16)33-21-14-22(38-24(17)21)25(36)35-11-10-34(26(37)28(35,4)5)23-15-31-8-9-32-23/h6-9,12-15H,10-11H2,1-5H3. The number of pyridine rings is 1. The molecule has 3 aromatic heterocycles. The van der Waals surface area contributed by atoms with Crippen molar-refractivity contribution in [2.24, 2.45) is 0 Å². The maximum absolute atomic E-state index is 14.2. The summed E-state index contributed by atoms with van der Waals surface area (Å²) < 4.78 is 20.3. The fourth-order valence-corrected chi connectivity index (χ4v) is 4.77. The van der Waals surface area contributed by atoms with Gasteiger partial charge in [0.1, 0.15) is 16.9 Å². The van der Waals surface area contributed by atoms with Crippen LogP contribution in [0.15, 0.2) is 53.3 Å². The zero-order valence-corrected chi connectivity index (χ0v) is 22.5. The van der Waals surface area contributed by atoms with E-state index in [1.54, 1.807) is 26.0 Å². The minimum atomic E-state index is -1.15. The van der Waals surface area contributed by atoms with Gasteiger partial charge in [0.15, 0.2) is 17.2 Å². The van der Waals surface area contributed by atoms with Crippen molar-refractivity contribution in [3.05, 3.63) is 71.1 Å². The molecule has 4 aromatic rings. The molecule has 0 aliphatic carbocycles. The first-order valence-electron chi connectivity index (χ1n) is 12.2. The number of aromatic nitrogens is 3. The fourth-order valence-electron chi connectivity index (χ4n) is 4.65. The van der Waals surface area contributed by atoms with Crippen LogP contribution in [-0.4, -0.2) is 50.3 Å². The molecule has 1 aliphatic heterocycles. The van der Waals surface area contributed by atoms with Crippen LogP contribution in [0.4, 0.5) is 10.2 Å². The van der Waals surface area contributed by atoms with Gasteiger partial charge in [0, 0.05) is 42.7 Å². The number of amides is 2. The van der Waals surface area contributed by atoms with Gasteiger partial charge in [0.2, 0.25) is 0 Å². The van der Waals surface area contributed by atoms with Crippen LogP contribution in [0, 0.1) is 5.82 Å². The number of hydrogen-bond donors (Lipinski definition) is 0. The molecule has 0 N–H and O–H groups in total. The van der Waals surface area contributed by atoms with Gasteiger partial charge in [0.25, 0.3) is 11.8 Å². The molecule has 1 aliphatic rings. The Kier molecular flexibility index (Phi) is 6.22. The maximum atomic E-state index is 14.2. The highest BCUT2D eigenvalue weighted by Crippen LogP contribution is 2.36. The average molecular weight is 536 g/mol. The number of anilines is 1. The van der Waals surface area contributed by atoms with E-state index in [9.17, 15) is 14.0 Å². The van der Waals surface area contributed by atoms with E-state index in [4.69, 9.17) is 16.0 Å². The summed E-state index contributed by atoms with van der Waals surface area (Å²) in [6, 6.07) is 7.94. The molecule has 0 saturated carbocycles. The van der Waals surface area contributed by atoms with E-state index < -0.39 is 17.3 Å². The predicted octanol–water partition coefficient (Wildman–Crippen LogP) is 5.64. The quantitative estimate of drug-likeness (QED) is 0.337. The molecule has 0 spiro atoms. The largest absolute Gasteiger partial charge is 0.449 e. The van der Waals surface area contributed by atoms with Gasteiger partial charge < -0.3 is 9.32 Å². The van der Waals surface area contributed by atoms with Crippen LogP contribution in [0.3, 0.4) is 0 Å². The Bertz CT molecular complexity index is 1560. The second-order valence-corrected chi connectivity index (χ2v) is 11.2. The first kappa shape index (κ1) is 25.8. The van der Waals surface area contributed by atoms with E-state index in [2.05, 4.69) is 15.0 Å². The van der Waals surface area contributed by atoms with Crippen molar-refractivity contribution in [2.45, 2.75) is 45.6 Å². The highest BCUT2D eigenvalue weighted by Gasteiger charge is 2.46. The number of carbonyl (C=O) groups is 2. The zero-order valence-electron chi connectivity index (χ0n) is 21.7. The molecule has 196 valence electrons. The van der Waals surface area contributed by atoms with Crippen LogP contribution < -0.4 is 4.90 Å². The van der Waals surface area contributed by atoms with Crippen LogP contribution in [0.1, 0.15) is 50.7 Å². The molecule has 1 fully saturated rings. The number of nitrogens with zero attached hydrogens (tertiary/aromatic N) is 5. The van der Waals surface area contributed by atoms with Crippen LogP contribution in [-0.2, 0) is 10.2 Å². The van der Waals surface area contributed by atoms with Crippen molar-refractivity contribution in [1.29, 1.82) is 0 Å². The predicted molar refractivity (Wildman–Crippen MR) is 143 cm³/mol. The van der Waals surface area contributed by atoms with E-state index in [1.807, 2.05) is 26.8 Å². The van der Waals surface area contributed by atoms with Crippen LogP contribution in [0.25, 0.3) is 22.4 Å². The lowest BCUT2D eigenvalue weighted by Gasteiger charge is -2.44. The third-order valence-corrected chi connectivity index (χ3v) is 7.08. The Hall–Kier alpha value is -3.85. The number of piperazine rings is 1. The summed E-state index contributed by atoms with van der Waals surface area (Å²) in [5, 5.41) is 0.0265. The Morgan fingerprint density at radius 3 is 2.55 bits per heavy atom. The van der Waals surface area contributed by atoms with Gasteiger partial charge in [-0.15, -0.1) is 0 Å². The molecule has 0 bridgehead atoms. The maximum Gasteiger partial charge on any atom is 0.290 e. The smallest absolute Gasteiger partial charge is 0.290 e. The van der Waals surface area contributed by atoms with Crippen molar-refractivity contribution in [2.75, 3.05) is 18.0 Å². The summed E-state index contributed by atoms with van der Waals surface area (Å²) in [6.07, 6.45) is 4.58. The Balaban J connectivity index is 1.53. The van der Waals surface area contributed by atoms with E-state index >= 15 is 0 Å².